The van der Waals surface area contributed by atoms with Gasteiger partial charge in [0.15, 0.2) is 0 Å². The number of aromatic nitrogens is 2. The molecule has 0 saturated heterocycles. The van der Waals surface area contributed by atoms with Gasteiger partial charge in [-0.3, -0.25) is 9.59 Å². The largest absolute Gasteiger partial charge is 0.322 e. The molecule has 1 aromatic heterocycles. The Morgan fingerprint density at radius 3 is 2.46 bits per heavy atom. The third kappa shape index (κ3) is 4.26. The highest BCUT2D eigenvalue weighted by Crippen LogP contribution is 2.33. The van der Waals surface area contributed by atoms with Gasteiger partial charge < -0.3 is 5.32 Å². The van der Waals surface area contributed by atoms with Crippen molar-refractivity contribution >= 4 is 23.4 Å². The molecule has 2 aromatic rings. The summed E-state index contributed by atoms with van der Waals surface area (Å²) in [5, 5.41) is 9.06. The Balaban J connectivity index is 2.28. The fourth-order valence-electron chi connectivity index (χ4n) is 2.28. The second-order valence-corrected chi connectivity index (χ2v) is 8.68. The Morgan fingerprint density at radius 2 is 1.88 bits per heavy atom. The molecule has 0 radical (unpaired) electrons. The molecule has 24 heavy (non-hydrogen) atoms. The quantitative estimate of drug-likeness (QED) is 0.829. The maximum atomic E-state index is 12.5. The topological polar surface area (TPSA) is 74.8 Å². The summed E-state index contributed by atoms with van der Waals surface area (Å²) in [5.74, 6) is -0.418. The van der Waals surface area contributed by atoms with Crippen molar-refractivity contribution in [3.05, 3.63) is 50.9 Å². The lowest BCUT2D eigenvalue weighted by Gasteiger charge is -2.18. The van der Waals surface area contributed by atoms with Crippen LogP contribution in [-0.4, -0.2) is 20.9 Å². The lowest BCUT2D eigenvalue weighted by molar-refractivity contribution is 0.102. The molecular formula is C18H23N3O2S. The van der Waals surface area contributed by atoms with E-state index >= 15 is 0 Å². The number of hydrogen-bond donors (Lipinski definition) is 2. The first-order chi connectivity index (χ1) is 11.1. The molecule has 0 aliphatic heterocycles. The molecule has 0 fully saturated rings. The molecule has 1 heterocycles. The first kappa shape index (κ1) is 18.3. The van der Waals surface area contributed by atoms with Crippen molar-refractivity contribution in [3.8, 4) is 0 Å². The van der Waals surface area contributed by atoms with E-state index in [4.69, 9.17) is 0 Å². The van der Waals surface area contributed by atoms with Crippen molar-refractivity contribution in [2.24, 2.45) is 0 Å². The van der Waals surface area contributed by atoms with Crippen LogP contribution in [0.2, 0.25) is 0 Å². The number of carbonyl (C=O) groups is 1. The predicted octanol–water partition coefficient (Wildman–Crippen LogP) is 3.84. The molecule has 0 aliphatic rings. The number of thioether (sulfide) groups is 1. The van der Waals surface area contributed by atoms with Gasteiger partial charge in [-0.1, -0.05) is 20.8 Å². The molecule has 128 valence electrons. The van der Waals surface area contributed by atoms with Gasteiger partial charge in [-0.15, -0.1) is 11.8 Å². The average Bonchev–Trinajstić information content (AvgIpc) is 2.45. The van der Waals surface area contributed by atoms with Crippen LogP contribution in [0, 0.1) is 20.8 Å². The molecule has 0 saturated carbocycles. The Hall–Kier alpha value is -2.08. The number of rotatable bonds is 3. The first-order valence-corrected chi connectivity index (χ1v) is 8.57. The predicted molar refractivity (Wildman–Crippen MR) is 99.1 cm³/mol. The molecule has 2 N–H and O–H groups in total. The number of benzene rings is 1. The summed E-state index contributed by atoms with van der Waals surface area (Å²) in [5.41, 5.74) is 2.51. The van der Waals surface area contributed by atoms with Gasteiger partial charge in [0.25, 0.3) is 11.5 Å². The fourth-order valence-corrected chi connectivity index (χ4v) is 3.36. The van der Waals surface area contributed by atoms with E-state index in [1.807, 2.05) is 25.1 Å². The maximum Gasteiger partial charge on any atom is 0.277 e. The lowest BCUT2D eigenvalue weighted by Crippen LogP contribution is -2.26. The van der Waals surface area contributed by atoms with Crippen molar-refractivity contribution in [2.45, 2.75) is 51.2 Å². The molecule has 0 aliphatic carbocycles. The van der Waals surface area contributed by atoms with E-state index in [2.05, 4.69) is 36.3 Å². The lowest BCUT2D eigenvalue weighted by atomic mass is 10.1. The van der Waals surface area contributed by atoms with Gasteiger partial charge in [0.1, 0.15) is 5.56 Å². The minimum absolute atomic E-state index is 0.107. The van der Waals surface area contributed by atoms with Gasteiger partial charge >= 0.3 is 0 Å². The summed E-state index contributed by atoms with van der Waals surface area (Å²) >= 11 is 1.77. The average molecular weight is 345 g/mol. The van der Waals surface area contributed by atoms with E-state index in [1.165, 1.54) is 0 Å². The van der Waals surface area contributed by atoms with Gasteiger partial charge in [0, 0.05) is 15.3 Å². The number of amides is 1. The van der Waals surface area contributed by atoms with Crippen molar-refractivity contribution in [1.82, 2.24) is 10.2 Å². The summed E-state index contributed by atoms with van der Waals surface area (Å²) in [6, 6.07) is 5.90. The Morgan fingerprint density at radius 1 is 1.21 bits per heavy atom. The fraction of sp³-hybridized carbons (Fsp3) is 0.389. The Bertz CT molecular complexity index is 835. The van der Waals surface area contributed by atoms with Crippen LogP contribution in [0.3, 0.4) is 0 Å². The summed E-state index contributed by atoms with van der Waals surface area (Å²) in [7, 11) is 0. The van der Waals surface area contributed by atoms with E-state index in [9.17, 15) is 9.59 Å². The van der Waals surface area contributed by atoms with Crippen LogP contribution in [0.1, 0.15) is 48.0 Å². The highest BCUT2D eigenvalue weighted by Gasteiger charge is 2.18. The Kier molecular flexibility index (Phi) is 5.18. The minimum Gasteiger partial charge on any atom is -0.322 e. The zero-order valence-corrected chi connectivity index (χ0v) is 15.7. The molecule has 1 amide bonds. The first-order valence-electron chi connectivity index (χ1n) is 7.75. The van der Waals surface area contributed by atoms with Crippen LogP contribution < -0.4 is 10.9 Å². The number of anilines is 1. The second kappa shape index (κ2) is 6.81. The highest BCUT2D eigenvalue weighted by atomic mass is 32.2. The number of aromatic amines is 1. The molecular weight excluding hydrogens is 322 g/mol. The molecule has 6 heteroatoms. The van der Waals surface area contributed by atoms with Gasteiger partial charge in [0.2, 0.25) is 0 Å². The maximum absolute atomic E-state index is 12.5. The molecule has 2 rings (SSSR count). The van der Waals surface area contributed by atoms with Crippen LogP contribution in [0.25, 0.3) is 0 Å². The number of nitrogens with one attached hydrogen (secondary N) is 2. The van der Waals surface area contributed by atoms with Gasteiger partial charge in [-0.2, -0.15) is 5.10 Å². The van der Waals surface area contributed by atoms with Crippen LogP contribution in [0.15, 0.2) is 27.9 Å². The third-order valence-corrected chi connectivity index (χ3v) is 4.67. The zero-order valence-electron chi connectivity index (χ0n) is 14.9. The Labute approximate surface area is 146 Å². The standard InChI is InChI=1S/C18H23N3O2S/c1-10-9-13(24-18(4,5)6)7-8-14(10)19-16(22)15-11(2)12(3)20-21-17(15)23/h7-9H,1-6H3,(H,19,22)(H,21,23). The SMILES string of the molecule is Cc1cc(SC(C)(C)C)ccc1NC(=O)c1c(C)c(C)n[nH]c1=O. The van der Waals surface area contributed by atoms with Gasteiger partial charge in [0.05, 0.1) is 5.69 Å². The summed E-state index contributed by atoms with van der Waals surface area (Å²) in [6.45, 7) is 11.9. The van der Waals surface area contributed by atoms with Gasteiger partial charge in [-0.25, -0.2) is 5.10 Å². The molecule has 0 bridgehead atoms. The summed E-state index contributed by atoms with van der Waals surface area (Å²) < 4.78 is 0.121. The summed E-state index contributed by atoms with van der Waals surface area (Å²) in [6.07, 6.45) is 0. The third-order valence-electron chi connectivity index (χ3n) is 3.57. The van der Waals surface area contributed by atoms with E-state index in [-0.39, 0.29) is 10.3 Å². The van der Waals surface area contributed by atoms with Crippen molar-refractivity contribution < 1.29 is 4.79 Å². The molecule has 0 atom stereocenters. The zero-order chi connectivity index (χ0) is 18.1. The van der Waals surface area contributed by atoms with Crippen LogP contribution >= 0.6 is 11.8 Å². The smallest absolute Gasteiger partial charge is 0.277 e. The summed E-state index contributed by atoms with van der Waals surface area (Å²) in [4.78, 5) is 25.6. The molecule has 1 aromatic carbocycles. The molecule has 0 spiro atoms. The molecule has 5 nitrogen and oxygen atoms in total. The van der Waals surface area contributed by atoms with Crippen LogP contribution in [0.4, 0.5) is 5.69 Å². The van der Waals surface area contributed by atoms with E-state index in [0.717, 1.165) is 10.5 Å². The number of hydrogen-bond acceptors (Lipinski definition) is 4. The molecule has 0 unspecified atom stereocenters. The monoisotopic (exact) mass is 345 g/mol. The number of H-pyrrole nitrogens is 1. The second-order valence-electron chi connectivity index (χ2n) is 6.78. The van der Waals surface area contributed by atoms with Crippen LogP contribution in [-0.2, 0) is 0 Å². The number of aryl methyl sites for hydroxylation is 2. The van der Waals surface area contributed by atoms with Gasteiger partial charge in [-0.05, 0) is 50.1 Å². The number of carbonyl (C=O) groups excluding carboxylic acids is 1. The van der Waals surface area contributed by atoms with Crippen molar-refractivity contribution in [2.75, 3.05) is 5.32 Å². The van der Waals surface area contributed by atoms with Crippen molar-refractivity contribution in [1.29, 1.82) is 0 Å². The normalized spacial score (nSPS) is 11.4. The van der Waals surface area contributed by atoms with E-state index < -0.39 is 11.5 Å². The number of nitrogens with zero attached hydrogens (tertiary/aromatic N) is 1. The van der Waals surface area contributed by atoms with Crippen LogP contribution in [0.5, 0.6) is 0 Å². The van der Waals surface area contributed by atoms with E-state index in [0.29, 0.717) is 16.9 Å². The highest BCUT2D eigenvalue weighted by molar-refractivity contribution is 8.00. The minimum atomic E-state index is -0.479. The van der Waals surface area contributed by atoms with E-state index in [1.54, 1.807) is 25.6 Å². The van der Waals surface area contributed by atoms with Crippen molar-refractivity contribution in [3.63, 3.8) is 0 Å².